The second kappa shape index (κ2) is 5.15. The van der Waals surface area contributed by atoms with Gasteiger partial charge in [-0.1, -0.05) is 0 Å². The van der Waals surface area contributed by atoms with E-state index in [9.17, 15) is 9.59 Å². The number of rotatable bonds is 3. The first-order valence-electron chi connectivity index (χ1n) is 7.72. The van der Waals surface area contributed by atoms with Gasteiger partial charge in [-0.25, -0.2) is 9.48 Å². The number of nitrogens with zero attached hydrogens (tertiary/aromatic N) is 3. The summed E-state index contributed by atoms with van der Waals surface area (Å²) in [5.74, 6) is 1.25. The number of carbonyl (C=O) groups excluding carboxylic acids is 1. The van der Waals surface area contributed by atoms with Gasteiger partial charge in [-0.15, -0.1) is 0 Å². The number of piperidine rings is 1. The monoisotopic (exact) mass is 302 g/mol. The van der Waals surface area contributed by atoms with Gasteiger partial charge in [-0.2, -0.15) is 5.10 Å². The van der Waals surface area contributed by atoms with E-state index in [1.165, 1.54) is 12.5 Å². The molecule has 4 rings (SSSR count). The van der Waals surface area contributed by atoms with Crippen molar-refractivity contribution in [1.29, 1.82) is 0 Å². The molecule has 2 aromatic heterocycles. The molecule has 0 aromatic carbocycles. The van der Waals surface area contributed by atoms with Gasteiger partial charge in [0.15, 0.2) is 0 Å². The zero-order chi connectivity index (χ0) is 15.1. The van der Waals surface area contributed by atoms with Gasteiger partial charge >= 0.3 is 5.69 Å². The number of hydrogen-bond acceptors (Lipinski definition) is 4. The normalized spacial score (nSPS) is 19.5. The summed E-state index contributed by atoms with van der Waals surface area (Å²) in [6, 6.07) is 1.75. The van der Waals surface area contributed by atoms with Crippen LogP contribution >= 0.6 is 0 Å². The highest BCUT2D eigenvalue weighted by Crippen LogP contribution is 2.37. The summed E-state index contributed by atoms with van der Waals surface area (Å²) in [6.45, 7) is 1.26. The minimum atomic E-state index is -0.124. The highest BCUT2D eigenvalue weighted by atomic mass is 16.3. The summed E-state index contributed by atoms with van der Waals surface area (Å²) in [7, 11) is 0. The van der Waals surface area contributed by atoms with Gasteiger partial charge in [0, 0.05) is 19.0 Å². The minimum absolute atomic E-state index is 0.0137. The molecule has 1 amide bonds. The van der Waals surface area contributed by atoms with Crippen molar-refractivity contribution < 1.29 is 9.21 Å². The molecule has 2 aliphatic rings. The average molecular weight is 302 g/mol. The third-order valence-corrected chi connectivity index (χ3v) is 4.49. The number of nitrogens with one attached hydrogen (secondary N) is 1. The Morgan fingerprint density at radius 2 is 2.05 bits per heavy atom. The van der Waals surface area contributed by atoms with Crippen LogP contribution < -0.4 is 5.69 Å². The van der Waals surface area contributed by atoms with E-state index >= 15 is 0 Å². The Bertz CT molecular complexity index is 718. The maximum atomic E-state index is 12.2. The molecule has 116 valence electrons. The van der Waals surface area contributed by atoms with Gasteiger partial charge in [0.25, 0.3) is 5.91 Å². The molecular weight excluding hydrogens is 284 g/mol. The predicted octanol–water partition coefficient (Wildman–Crippen LogP) is 1.52. The molecule has 1 saturated heterocycles. The van der Waals surface area contributed by atoms with Crippen LogP contribution in [0.4, 0.5) is 0 Å². The third-order valence-electron chi connectivity index (χ3n) is 4.49. The molecule has 1 aliphatic carbocycles. The quantitative estimate of drug-likeness (QED) is 0.931. The molecular formula is C15H18N4O3. The Labute approximate surface area is 126 Å². The molecule has 2 fully saturated rings. The van der Waals surface area contributed by atoms with Gasteiger partial charge in [0.1, 0.15) is 12.1 Å². The highest BCUT2D eigenvalue weighted by molar-refractivity contribution is 5.93. The molecule has 0 unspecified atom stereocenters. The molecule has 0 radical (unpaired) electrons. The topological polar surface area (TPSA) is 84.1 Å². The molecule has 2 aromatic rings. The Balaban J connectivity index is 1.43. The van der Waals surface area contributed by atoms with Gasteiger partial charge in [0.2, 0.25) is 0 Å². The van der Waals surface area contributed by atoms with Crippen molar-refractivity contribution in [3.8, 4) is 0 Å². The number of aromatic amines is 1. The van der Waals surface area contributed by atoms with Crippen LogP contribution in [-0.2, 0) is 0 Å². The van der Waals surface area contributed by atoms with Crippen molar-refractivity contribution in [2.45, 2.75) is 37.6 Å². The number of H-pyrrole nitrogens is 1. The lowest BCUT2D eigenvalue weighted by Gasteiger charge is -2.31. The standard InChI is InChI=1S/C15H18N4O3/c20-14(11-5-8-22-9-11)18-6-3-12(4-7-18)19-15(21)16-13(17-19)10-1-2-10/h5,8-10,12H,1-4,6-7H2,(H,16,17,21). The Morgan fingerprint density at radius 1 is 1.27 bits per heavy atom. The van der Waals surface area contributed by atoms with E-state index in [1.807, 2.05) is 0 Å². The molecule has 1 N–H and O–H groups in total. The number of amides is 1. The zero-order valence-corrected chi connectivity index (χ0v) is 12.2. The maximum absolute atomic E-state index is 12.2. The third kappa shape index (κ3) is 2.36. The molecule has 0 spiro atoms. The van der Waals surface area contributed by atoms with Crippen LogP contribution in [0, 0.1) is 0 Å². The summed E-state index contributed by atoms with van der Waals surface area (Å²) in [6.07, 6.45) is 6.70. The molecule has 0 bridgehead atoms. The molecule has 22 heavy (non-hydrogen) atoms. The largest absolute Gasteiger partial charge is 0.472 e. The summed E-state index contributed by atoms with van der Waals surface area (Å²) in [5.41, 5.74) is 0.452. The van der Waals surface area contributed by atoms with Crippen LogP contribution in [0.5, 0.6) is 0 Å². The van der Waals surface area contributed by atoms with Crippen LogP contribution in [0.25, 0.3) is 0 Å². The second-order valence-electron chi connectivity index (χ2n) is 6.07. The van der Waals surface area contributed by atoms with E-state index in [2.05, 4.69) is 10.1 Å². The fraction of sp³-hybridized carbons (Fsp3) is 0.533. The zero-order valence-electron chi connectivity index (χ0n) is 12.2. The minimum Gasteiger partial charge on any atom is -0.472 e. The van der Waals surface area contributed by atoms with Crippen molar-refractivity contribution >= 4 is 5.91 Å². The molecule has 1 saturated carbocycles. The van der Waals surface area contributed by atoms with Crippen molar-refractivity contribution in [1.82, 2.24) is 19.7 Å². The first-order chi connectivity index (χ1) is 10.7. The Morgan fingerprint density at radius 3 is 2.68 bits per heavy atom. The van der Waals surface area contributed by atoms with E-state index in [0.717, 1.165) is 31.5 Å². The predicted molar refractivity (Wildman–Crippen MR) is 77.7 cm³/mol. The van der Waals surface area contributed by atoms with Gasteiger partial charge in [0.05, 0.1) is 17.9 Å². The summed E-state index contributed by atoms with van der Waals surface area (Å²) in [5, 5.41) is 4.45. The number of hydrogen-bond donors (Lipinski definition) is 1. The lowest BCUT2D eigenvalue weighted by atomic mass is 10.0. The van der Waals surface area contributed by atoms with Crippen LogP contribution in [0.2, 0.25) is 0 Å². The van der Waals surface area contributed by atoms with Crippen LogP contribution in [0.1, 0.15) is 53.8 Å². The summed E-state index contributed by atoms with van der Waals surface area (Å²) < 4.78 is 6.53. The van der Waals surface area contributed by atoms with E-state index in [-0.39, 0.29) is 17.6 Å². The fourth-order valence-electron chi connectivity index (χ4n) is 3.02. The number of furan rings is 1. The van der Waals surface area contributed by atoms with E-state index < -0.39 is 0 Å². The fourth-order valence-corrected chi connectivity index (χ4v) is 3.02. The molecule has 7 heteroatoms. The first-order valence-corrected chi connectivity index (χ1v) is 7.72. The summed E-state index contributed by atoms with van der Waals surface area (Å²) >= 11 is 0. The second-order valence-corrected chi connectivity index (χ2v) is 6.07. The lowest BCUT2D eigenvalue weighted by molar-refractivity contribution is 0.0687. The molecule has 7 nitrogen and oxygen atoms in total. The van der Waals surface area contributed by atoms with E-state index in [4.69, 9.17) is 4.42 Å². The average Bonchev–Trinajstić information content (AvgIpc) is 3.10. The highest BCUT2D eigenvalue weighted by Gasteiger charge is 2.31. The van der Waals surface area contributed by atoms with Crippen molar-refractivity contribution in [3.05, 3.63) is 40.5 Å². The maximum Gasteiger partial charge on any atom is 0.343 e. The van der Waals surface area contributed by atoms with Crippen molar-refractivity contribution in [2.75, 3.05) is 13.1 Å². The number of aromatic nitrogens is 3. The molecule has 1 aliphatic heterocycles. The van der Waals surface area contributed by atoms with Gasteiger partial charge < -0.3 is 9.32 Å². The van der Waals surface area contributed by atoms with Crippen molar-refractivity contribution in [2.24, 2.45) is 0 Å². The Hall–Kier alpha value is -2.31. The van der Waals surface area contributed by atoms with Gasteiger partial charge in [-0.3, -0.25) is 9.78 Å². The van der Waals surface area contributed by atoms with E-state index in [1.54, 1.807) is 15.6 Å². The number of carbonyl (C=O) groups is 1. The molecule has 0 atom stereocenters. The Kier molecular flexibility index (Phi) is 3.13. The molecule has 3 heterocycles. The van der Waals surface area contributed by atoms with Crippen molar-refractivity contribution in [3.63, 3.8) is 0 Å². The van der Waals surface area contributed by atoms with E-state index in [0.29, 0.717) is 24.6 Å². The first kappa shape index (κ1) is 13.4. The smallest absolute Gasteiger partial charge is 0.343 e. The SMILES string of the molecule is O=C(c1ccoc1)N1CCC(n2nc(C3CC3)[nH]c2=O)CC1. The number of likely N-dealkylation sites (tertiary alicyclic amines) is 1. The lowest BCUT2D eigenvalue weighted by Crippen LogP contribution is -2.40. The van der Waals surface area contributed by atoms with Crippen LogP contribution in [0.15, 0.2) is 27.8 Å². The van der Waals surface area contributed by atoms with Crippen LogP contribution in [0.3, 0.4) is 0 Å². The summed E-state index contributed by atoms with van der Waals surface area (Å²) in [4.78, 5) is 28.9. The van der Waals surface area contributed by atoms with Crippen LogP contribution in [-0.4, -0.2) is 38.7 Å². The van der Waals surface area contributed by atoms with Gasteiger partial charge in [-0.05, 0) is 31.7 Å².